The number of hydrogen-bond donors (Lipinski definition) is 2. The molecule has 6 heteroatoms. The van der Waals surface area contributed by atoms with Crippen molar-refractivity contribution in [1.29, 1.82) is 0 Å². The quantitative estimate of drug-likeness (QED) is 0.708. The number of unbranched alkanes of at least 4 members (excludes halogenated alkanes) is 1. The number of aromatic nitrogens is 1. The number of amides is 2. The zero-order chi connectivity index (χ0) is 18.9. The van der Waals surface area contributed by atoms with E-state index in [1.165, 1.54) is 12.4 Å². The molecule has 2 rings (SSSR count). The van der Waals surface area contributed by atoms with Gasteiger partial charge in [-0.2, -0.15) is 0 Å². The van der Waals surface area contributed by atoms with Gasteiger partial charge in [-0.25, -0.2) is 0 Å². The van der Waals surface area contributed by atoms with E-state index < -0.39 is 0 Å². The smallest absolute Gasteiger partial charge is 0.257 e. The van der Waals surface area contributed by atoms with Crippen LogP contribution < -0.4 is 15.4 Å². The second kappa shape index (κ2) is 9.56. The summed E-state index contributed by atoms with van der Waals surface area (Å²) in [6.45, 7) is 6.57. The molecular weight excluding hydrogens is 330 g/mol. The van der Waals surface area contributed by atoms with Gasteiger partial charge in [0.25, 0.3) is 11.8 Å². The first-order chi connectivity index (χ1) is 12.5. The van der Waals surface area contributed by atoms with E-state index in [0.717, 1.165) is 18.6 Å². The maximum absolute atomic E-state index is 12.4. The molecule has 0 spiro atoms. The molecule has 0 aliphatic heterocycles. The molecule has 138 valence electrons. The molecule has 2 amide bonds. The third kappa shape index (κ3) is 5.88. The maximum atomic E-state index is 12.4. The van der Waals surface area contributed by atoms with Gasteiger partial charge in [0.15, 0.2) is 0 Å². The van der Waals surface area contributed by atoms with E-state index in [1.807, 2.05) is 13.8 Å². The summed E-state index contributed by atoms with van der Waals surface area (Å²) >= 11 is 0. The number of nitrogens with zero attached hydrogens (tertiary/aromatic N) is 1. The SMILES string of the molecule is CCCCNC(=O)c1cncc(C(=O)Nc2ccc(OC(C)C)cc2)c1. The normalized spacial score (nSPS) is 10.5. The zero-order valence-corrected chi connectivity index (χ0v) is 15.4. The first-order valence-corrected chi connectivity index (χ1v) is 8.81. The molecular formula is C20H25N3O3. The highest BCUT2D eigenvalue weighted by Crippen LogP contribution is 2.17. The molecule has 0 aliphatic carbocycles. The number of carbonyl (C=O) groups is 2. The van der Waals surface area contributed by atoms with E-state index in [0.29, 0.717) is 23.4 Å². The van der Waals surface area contributed by atoms with E-state index in [4.69, 9.17) is 4.74 Å². The Bertz CT molecular complexity index is 742. The molecule has 0 radical (unpaired) electrons. The number of pyridine rings is 1. The predicted octanol–water partition coefficient (Wildman–Crippen LogP) is 3.65. The molecule has 1 aromatic carbocycles. The van der Waals surface area contributed by atoms with Crippen LogP contribution in [0.1, 0.15) is 54.3 Å². The molecule has 0 fully saturated rings. The number of ether oxygens (including phenoxy) is 1. The van der Waals surface area contributed by atoms with Crippen LogP contribution in [-0.2, 0) is 0 Å². The lowest BCUT2D eigenvalue weighted by molar-refractivity contribution is 0.0952. The Balaban J connectivity index is 2.01. The third-order valence-electron chi connectivity index (χ3n) is 3.56. The highest BCUT2D eigenvalue weighted by molar-refractivity contribution is 6.05. The van der Waals surface area contributed by atoms with Crippen molar-refractivity contribution < 1.29 is 14.3 Å². The van der Waals surface area contributed by atoms with Crippen LogP contribution in [0.15, 0.2) is 42.7 Å². The second-order valence-electron chi connectivity index (χ2n) is 6.22. The zero-order valence-electron chi connectivity index (χ0n) is 15.4. The van der Waals surface area contributed by atoms with Gasteiger partial charge in [0.1, 0.15) is 5.75 Å². The molecule has 2 N–H and O–H groups in total. The number of benzene rings is 1. The number of hydrogen-bond acceptors (Lipinski definition) is 4. The minimum Gasteiger partial charge on any atom is -0.491 e. The Morgan fingerprint density at radius 2 is 1.73 bits per heavy atom. The standard InChI is InChI=1S/C20H25N3O3/c1-4-5-10-22-19(24)15-11-16(13-21-12-15)20(25)23-17-6-8-18(9-7-17)26-14(2)3/h6-9,11-14H,4-5,10H2,1-3H3,(H,22,24)(H,23,25). The predicted molar refractivity (Wildman–Crippen MR) is 102 cm³/mol. The number of rotatable bonds is 8. The Morgan fingerprint density at radius 1 is 1.08 bits per heavy atom. The highest BCUT2D eigenvalue weighted by Gasteiger charge is 2.11. The average molecular weight is 355 g/mol. The second-order valence-corrected chi connectivity index (χ2v) is 6.22. The van der Waals surface area contributed by atoms with E-state index in [-0.39, 0.29) is 17.9 Å². The van der Waals surface area contributed by atoms with Crippen molar-refractivity contribution in [2.24, 2.45) is 0 Å². The molecule has 0 saturated carbocycles. The Kier molecular flexibility index (Phi) is 7.14. The van der Waals surface area contributed by atoms with Crippen LogP contribution >= 0.6 is 0 Å². The van der Waals surface area contributed by atoms with Gasteiger partial charge >= 0.3 is 0 Å². The highest BCUT2D eigenvalue weighted by atomic mass is 16.5. The molecule has 0 saturated heterocycles. The van der Waals surface area contributed by atoms with Gasteiger partial charge in [-0.05, 0) is 50.6 Å². The van der Waals surface area contributed by atoms with E-state index in [9.17, 15) is 9.59 Å². The van der Waals surface area contributed by atoms with Crippen LogP contribution in [0.2, 0.25) is 0 Å². The van der Waals surface area contributed by atoms with Gasteiger partial charge in [-0.3, -0.25) is 14.6 Å². The first-order valence-electron chi connectivity index (χ1n) is 8.81. The van der Waals surface area contributed by atoms with Crippen molar-refractivity contribution in [2.45, 2.75) is 39.7 Å². The van der Waals surface area contributed by atoms with Crippen molar-refractivity contribution >= 4 is 17.5 Å². The minimum atomic E-state index is -0.321. The Labute approximate surface area is 154 Å². The molecule has 0 unspecified atom stereocenters. The fraction of sp³-hybridized carbons (Fsp3) is 0.350. The van der Waals surface area contributed by atoms with Gasteiger partial charge < -0.3 is 15.4 Å². The van der Waals surface area contributed by atoms with E-state index in [1.54, 1.807) is 30.3 Å². The summed E-state index contributed by atoms with van der Waals surface area (Å²) in [5, 5.41) is 5.60. The molecule has 1 aromatic heterocycles. The van der Waals surface area contributed by atoms with Gasteiger partial charge in [0.2, 0.25) is 0 Å². The molecule has 2 aromatic rings. The van der Waals surface area contributed by atoms with Gasteiger partial charge in [-0.1, -0.05) is 13.3 Å². The Hall–Kier alpha value is -2.89. The minimum absolute atomic E-state index is 0.0905. The summed E-state index contributed by atoms with van der Waals surface area (Å²) in [5.41, 5.74) is 1.34. The number of anilines is 1. The van der Waals surface area contributed by atoms with Crippen molar-refractivity contribution in [2.75, 3.05) is 11.9 Å². The molecule has 0 bridgehead atoms. The van der Waals surface area contributed by atoms with Gasteiger partial charge in [0, 0.05) is 24.6 Å². The molecule has 1 heterocycles. The molecule has 26 heavy (non-hydrogen) atoms. The summed E-state index contributed by atoms with van der Waals surface area (Å²) in [4.78, 5) is 28.5. The topological polar surface area (TPSA) is 80.3 Å². The van der Waals surface area contributed by atoms with Crippen LogP contribution in [0, 0.1) is 0 Å². The summed E-state index contributed by atoms with van der Waals surface area (Å²) in [7, 11) is 0. The summed E-state index contributed by atoms with van der Waals surface area (Å²) in [6, 6.07) is 8.67. The number of carbonyl (C=O) groups excluding carboxylic acids is 2. The lowest BCUT2D eigenvalue weighted by atomic mass is 10.1. The van der Waals surface area contributed by atoms with Crippen LogP contribution in [0.5, 0.6) is 5.75 Å². The summed E-state index contributed by atoms with van der Waals surface area (Å²) in [6.07, 6.45) is 4.90. The maximum Gasteiger partial charge on any atom is 0.257 e. The fourth-order valence-electron chi connectivity index (χ4n) is 2.26. The van der Waals surface area contributed by atoms with Crippen LogP contribution in [0.3, 0.4) is 0 Å². The first kappa shape index (κ1) is 19.4. The van der Waals surface area contributed by atoms with Crippen molar-refractivity contribution in [3.63, 3.8) is 0 Å². The van der Waals surface area contributed by atoms with Gasteiger partial charge in [0.05, 0.1) is 17.2 Å². The van der Waals surface area contributed by atoms with Crippen molar-refractivity contribution in [1.82, 2.24) is 10.3 Å². The van der Waals surface area contributed by atoms with Crippen LogP contribution in [0.4, 0.5) is 5.69 Å². The molecule has 6 nitrogen and oxygen atoms in total. The van der Waals surface area contributed by atoms with Gasteiger partial charge in [-0.15, -0.1) is 0 Å². The average Bonchev–Trinajstić information content (AvgIpc) is 2.63. The van der Waals surface area contributed by atoms with E-state index in [2.05, 4.69) is 22.5 Å². The van der Waals surface area contributed by atoms with Crippen LogP contribution in [0.25, 0.3) is 0 Å². The summed E-state index contributed by atoms with van der Waals surface area (Å²) in [5.74, 6) is 0.194. The van der Waals surface area contributed by atoms with Crippen LogP contribution in [-0.4, -0.2) is 29.4 Å². The van der Waals surface area contributed by atoms with Crippen molar-refractivity contribution in [3.05, 3.63) is 53.9 Å². The van der Waals surface area contributed by atoms with Crippen molar-refractivity contribution in [3.8, 4) is 5.75 Å². The monoisotopic (exact) mass is 355 g/mol. The lowest BCUT2D eigenvalue weighted by Crippen LogP contribution is -2.25. The summed E-state index contributed by atoms with van der Waals surface area (Å²) < 4.78 is 5.57. The van der Waals surface area contributed by atoms with E-state index >= 15 is 0 Å². The largest absolute Gasteiger partial charge is 0.491 e. The fourth-order valence-corrected chi connectivity index (χ4v) is 2.26. The third-order valence-corrected chi connectivity index (χ3v) is 3.56. The lowest BCUT2D eigenvalue weighted by Gasteiger charge is -2.11. The molecule has 0 aliphatic rings. The number of nitrogens with one attached hydrogen (secondary N) is 2. The molecule has 0 atom stereocenters. The Morgan fingerprint density at radius 3 is 2.35 bits per heavy atom.